The molecule has 2 atom stereocenters. The zero-order valence-corrected chi connectivity index (χ0v) is 20.0. The molecule has 3 aromatic rings. The van der Waals surface area contributed by atoms with Gasteiger partial charge in [0.2, 0.25) is 21.8 Å². The second kappa shape index (κ2) is 10.1. The van der Waals surface area contributed by atoms with Gasteiger partial charge in [0.05, 0.1) is 10.6 Å². The van der Waals surface area contributed by atoms with E-state index in [1.807, 2.05) is 0 Å². The van der Waals surface area contributed by atoms with Crippen molar-refractivity contribution in [1.82, 2.24) is 24.6 Å². The van der Waals surface area contributed by atoms with Crippen LogP contribution in [0, 0.1) is 12.7 Å². The SMILES string of the molecule is Cc1cc(CNC(=O)C2CC(F)CN2S(=O)(=O)c2ccc(F)cc2)cc(-c2cnc(C(F)(F)F)nc2)n1. The fraction of sp³-hybridized carbons (Fsp3) is 0.304. The van der Waals surface area contributed by atoms with Crippen molar-refractivity contribution in [3.63, 3.8) is 0 Å². The quantitative estimate of drug-likeness (QED) is 0.480. The molecule has 0 bridgehead atoms. The minimum atomic E-state index is -4.69. The summed E-state index contributed by atoms with van der Waals surface area (Å²) >= 11 is 0. The van der Waals surface area contributed by atoms with Gasteiger partial charge in [0.15, 0.2) is 0 Å². The number of carbonyl (C=O) groups excluding carboxylic acids is 1. The van der Waals surface area contributed by atoms with Gasteiger partial charge < -0.3 is 5.32 Å². The minimum Gasteiger partial charge on any atom is -0.351 e. The van der Waals surface area contributed by atoms with Crippen LogP contribution >= 0.6 is 0 Å². The van der Waals surface area contributed by atoms with Crippen molar-refractivity contribution in [2.45, 2.75) is 43.2 Å². The van der Waals surface area contributed by atoms with Crippen molar-refractivity contribution in [2.24, 2.45) is 0 Å². The summed E-state index contributed by atoms with van der Waals surface area (Å²) in [5.74, 6) is -2.67. The monoisotopic (exact) mass is 541 g/mol. The van der Waals surface area contributed by atoms with Crippen molar-refractivity contribution in [2.75, 3.05) is 6.54 Å². The number of aryl methyl sites for hydroxylation is 1. The summed E-state index contributed by atoms with van der Waals surface area (Å²) in [6, 6.07) is 5.80. The summed E-state index contributed by atoms with van der Waals surface area (Å²) in [5.41, 5.74) is 1.49. The third kappa shape index (κ3) is 5.91. The maximum absolute atomic E-state index is 14.2. The standard InChI is InChI=1S/C23H20F5N5O3S/c1-13-6-14(7-19(32-13)15-10-30-22(31-11-15)23(26,27)28)9-29-21(34)20-8-17(25)12-33(20)37(35,36)18-4-2-16(24)3-5-18/h2-7,10-11,17,20H,8-9,12H2,1H3,(H,29,34). The summed E-state index contributed by atoms with van der Waals surface area (Å²) in [7, 11) is -4.27. The molecule has 14 heteroatoms. The summed E-state index contributed by atoms with van der Waals surface area (Å²) in [5, 5.41) is 2.58. The number of nitrogens with one attached hydrogen (secondary N) is 1. The third-order valence-corrected chi connectivity index (χ3v) is 7.50. The number of nitrogens with zero attached hydrogens (tertiary/aromatic N) is 4. The lowest BCUT2D eigenvalue weighted by Gasteiger charge is -2.23. The van der Waals surface area contributed by atoms with Crippen LogP contribution in [0.1, 0.15) is 23.5 Å². The molecule has 0 saturated carbocycles. The van der Waals surface area contributed by atoms with Gasteiger partial charge in [0, 0.05) is 43.2 Å². The number of hydrogen-bond acceptors (Lipinski definition) is 6. The van der Waals surface area contributed by atoms with Gasteiger partial charge in [-0.05, 0) is 48.9 Å². The van der Waals surface area contributed by atoms with Crippen molar-refractivity contribution >= 4 is 15.9 Å². The highest BCUT2D eigenvalue weighted by molar-refractivity contribution is 7.89. The van der Waals surface area contributed by atoms with E-state index in [9.17, 15) is 35.2 Å². The van der Waals surface area contributed by atoms with E-state index >= 15 is 0 Å². The molecule has 196 valence electrons. The topological polar surface area (TPSA) is 105 Å². The molecule has 0 spiro atoms. The second-order valence-corrected chi connectivity index (χ2v) is 10.3. The van der Waals surface area contributed by atoms with E-state index in [0.717, 1.165) is 41.0 Å². The second-order valence-electron chi connectivity index (χ2n) is 8.39. The first-order valence-electron chi connectivity index (χ1n) is 10.9. The summed E-state index contributed by atoms with van der Waals surface area (Å²) in [6.07, 6.45) is -4.64. The first kappa shape index (κ1) is 26.5. The Morgan fingerprint density at radius 1 is 1.14 bits per heavy atom. The van der Waals surface area contributed by atoms with Gasteiger partial charge in [0.1, 0.15) is 18.0 Å². The van der Waals surface area contributed by atoms with Gasteiger partial charge in [-0.3, -0.25) is 9.78 Å². The number of aromatic nitrogens is 3. The molecule has 2 aromatic heterocycles. The highest BCUT2D eigenvalue weighted by Crippen LogP contribution is 2.29. The Morgan fingerprint density at radius 3 is 2.41 bits per heavy atom. The number of sulfonamides is 1. The molecule has 1 aliphatic rings. The smallest absolute Gasteiger partial charge is 0.351 e. The van der Waals surface area contributed by atoms with Gasteiger partial charge in [-0.2, -0.15) is 17.5 Å². The van der Waals surface area contributed by atoms with E-state index in [2.05, 4.69) is 20.3 Å². The van der Waals surface area contributed by atoms with Crippen LogP contribution in [0.3, 0.4) is 0 Å². The zero-order chi connectivity index (χ0) is 27.0. The van der Waals surface area contributed by atoms with Crippen LogP contribution in [-0.4, -0.2) is 52.3 Å². The molecule has 0 radical (unpaired) electrons. The summed E-state index contributed by atoms with van der Waals surface area (Å²) < 4.78 is 92.3. The van der Waals surface area contributed by atoms with Gasteiger partial charge in [-0.15, -0.1) is 0 Å². The Kier molecular flexibility index (Phi) is 7.24. The number of benzene rings is 1. The number of rotatable bonds is 6. The van der Waals surface area contributed by atoms with Crippen LogP contribution in [-0.2, 0) is 27.5 Å². The van der Waals surface area contributed by atoms with Gasteiger partial charge in [-0.1, -0.05) is 0 Å². The Bertz CT molecular complexity index is 1400. The maximum atomic E-state index is 14.2. The van der Waals surface area contributed by atoms with Gasteiger partial charge >= 0.3 is 6.18 Å². The molecule has 37 heavy (non-hydrogen) atoms. The lowest BCUT2D eigenvalue weighted by Crippen LogP contribution is -2.45. The number of pyridine rings is 1. The lowest BCUT2D eigenvalue weighted by atomic mass is 10.1. The average molecular weight is 542 g/mol. The molecule has 1 amide bonds. The van der Waals surface area contributed by atoms with Crippen LogP contribution in [0.2, 0.25) is 0 Å². The van der Waals surface area contributed by atoms with Crippen molar-refractivity contribution < 1.29 is 35.2 Å². The molecule has 1 aliphatic heterocycles. The molecule has 1 fully saturated rings. The Hall–Kier alpha value is -3.52. The Labute approximate surface area is 208 Å². The predicted octanol–water partition coefficient (Wildman–Crippen LogP) is 3.42. The summed E-state index contributed by atoms with van der Waals surface area (Å²) in [6.45, 7) is 1.03. The van der Waals surface area contributed by atoms with E-state index in [0.29, 0.717) is 11.3 Å². The van der Waals surface area contributed by atoms with Crippen LogP contribution in [0.5, 0.6) is 0 Å². The Morgan fingerprint density at radius 2 is 1.78 bits per heavy atom. The minimum absolute atomic E-state index is 0.0887. The van der Waals surface area contributed by atoms with E-state index in [4.69, 9.17) is 0 Å². The number of carbonyl (C=O) groups is 1. The largest absolute Gasteiger partial charge is 0.451 e. The molecular formula is C23H20F5N5O3S. The van der Waals surface area contributed by atoms with Crippen LogP contribution in [0.15, 0.2) is 53.7 Å². The maximum Gasteiger partial charge on any atom is 0.451 e. The average Bonchev–Trinajstić information content (AvgIpc) is 3.25. The molecule has 1 N–H and O–H groups in total. The van der Waals surface area contributed by atoms with E-state index < -0.39 is 52.5 Å². The van der Waals surface area contributed by atoms with Crippen LogP contribution < -0.4 is 5.32 Å². The number of hydrogen-bond donors (Lipinski definition) is 1. The normalized spacial score (nSPS) is 18.6. The molecule has 8 nitrogen and oxygen atoms in total. The number of halogens is 5. The number of amides is 1. The van der Waals surface area contributed by atoms with E-state index in [1.165, 1.54) is 6.07 Å². The molecular weight excluding hydrogens is 521 g/mol. The summed E-state index contributed by atoms with van der Waals surface area (Å²) in [4.78, 5) is 23.5. The Balaban J connectivity index is 1.50. The van der Waals surface area contributed by atoms with Gasteiger partial charge in [0.25, 0.3) is 0 Å². The zero-order valence-electron chi connectivity index (χ0n) is 19.2. The molecule has 1 saturated heterocycles. The molecule has 2 unspecified atom stereocenters. The predicted molar refractivity (Wildman–Crippen MR) is 120 cm³/mol. The lowest BCUT2D eigenvalue weighted by molar-refractivity contribution is -0.145. The molecule has 3 heterocycles. The van der Waals surface area contributed by atoms with Crippen molar-refractivity contribution in [1.29, 1.82) is 0 Å². The van der Waals surface area contributed by atoms with Crippen molar-refractivity contribution in [3.05, 3.63) is 71.7 Å². The highest BCUT2D eigenvalue weighted by Gasteiger charge is 2.44. The first-order chi connectivity index (χ1) is 17.3. The number of alkyl halides is 4. The van der Waals surface area contributed by atoms with Gasteiger partial charge in [-0.25, -0.2) is 27.2 Å². The molecule has 1 aromatic carbocycles. The highest BCUT2D eigenvalue weighted by atomic mass is 32.2. The molecule has 0 aliphatic carbocycles. The third-order valence-electron chi connectivity index (χ3n) is 5.61. The van der Waals surface area contributed by atoms with Crippen LogP contribution in [0.4, 0.5) is 22.0 Å². The first-order valence-corrected chi connectivity index (χ1v) is 12.3. The fourth-order valence-electron chi connectivity index (χ4n) is 3.91. The van der Waals surface area contributed by atoms with Crippen LogP contribution in [0.25, 0.3) is 11.3 Å². The molecule has 4 rings (SSSR count). The van der Waals surface area contributed by atoms with E-state index in [-0.39, 0.29) is 29.1 Å². The van der Waals surface area contributed by atoms with E-state index in [1.54, 1.807) is 13.0 Å². The van der Waals surface area contributed by atoms with Crippen molar-refractivity contribution in [3.8, 4) is 11.3 Å². The fourth-order valence-corrected chi connectivity index (χ4v) is 5.53.